The Morgan fingerprint density at radius 3 is 2.46 bits per heavy atom. The molecule has 0 bridgehead atoms. The van der Waals surface area contributed by atoms with Gasteiger partial charge in [0.2, 0.25) is 5.91 Å². The van der Waals surface area contributed by atoms with Crippen LogP contribution in [0.2, 0.25) is 0 Å². The van der Waals surface area contributed by atoms with Gasteiger partial charge in [-0.2, -0.15) is 0 Å². The molecule has 2 N–H and O–H groups in total. The van der Waals surface area contributed by atoms with Gasteiger partial charge in [0.25, 0.3) is 0 Å². The number of amides is 1. The van der Waals surface area contributed by atoms with E-state index in [9.17, 15) is 4.79 Å². The molecule has 0 aliphatic rings. The Bertz CT molecular complexity index is 160. The van der Waals surface area contributed by atoms with Crippen LogP contribution in [0, 0.1) is 5.92 Å². The molecule has 0 saturated carbocycles. The highest BCUT2D eigenvalue weighted by Crippen LogP contribution is 1.98. The molecule has 1 unspecified atom stereocenters. The van der Waals surface area contributed by atoms with Crippen LogP contribution in [-0.4, -0.2) is 44.2 Å². The summed E-state index contributed by atoms with van der Waals surface area (Å²) in [6.45, 7) is 5.13. The number of methoxy groups -OCH3 is 1. The molecule has 0 aromatic heterocycles. The van der Waals surface area contributed by atoms with Crippen molar-refractivity contribution in [3.05, 3.63) is 0 Å². The highest BCUT2D eigenvalue weighted by molar-refractivity contribution is 5.81. The van der Waals surface area contributed by atoms with Gasteiger partial charge in [-0.3, -0.25) is 4.79 Å². The van der Waals surface area contributed by atoms with E-state index in [2.05, 4.69) is 13.8 Å². The third-order valence-corrected chi connectivity index (χ3v) is 1.68. The number of carbonyl (C=O) groups is 1. The van der Waals surface area contributed by atoms with Gasteiger partial charge in [0.1, 0.15) is 6.04 Å². The van der Waals surface area contributed by atoms with Gasteiger partial charge in [-0.25, -0.2) is 0 Å². The minimum atomic E-state index is -0.534. The van der Waals surface area contributed by atoms with E-state index in [-0.39, 0.29) is 12.5 Å². The molecule has 0 aromatic rings. The summed E-state index contributed by atoms with van der Waals surface area (Å²) in [4.78, 5) is 13.1. The molecule has 4 heteroatoms. The van der Waals surface area contributed by atoms with Crippen LogP contribution >= 0.6 is 0 Å². The SMILES string of the molecule is COCC(N)C(=O)N(C)CC(C)C. The van der Waals surface area contributed by atoms with Gasteiger partial charge in [-0.15, -0.1) is 0 Å². The topological polar surface area (TPSA) is 55.6 Å². The summed E-state index contributed by atoms with van der Waals surface area (Å²) in [6, 6.07) is -0.534. The Kier molecular flexibility index (Phi) is 5.66. The fourth-order valence-electron chi connectivity index (χ4n) is 1.17. The monoisotopic (exact) mass is 188 g/mol. The van der Waals surface area contributed by atoms with E-state index in [0.717, 1.165) is 6.54 Å². The smallest absolute Gasteiger partial charge is 0.241 e. The summed E-state index contributed by atoms with van der Waals surface area (Å²) < 4.78 is 4.81. The van der Waals surface area contributed by atoms with Crippen molar-refractivity contribution in [1.29, 1.82) is 0 Å². The number of nitrogens with zero attached hydrogens (tertiary/aromatic N) is 1. The quantitative estimate of drug-likeness (QED) is 0.664. The van der Waals surface area contributed by atoms with Gasteiger partial charge >= 0.3 is 0 Å². The molecule has 4 nitrogen and oxygen atoms in total. The largest absolute Gasteiger partial charge is 0.383 e. The van der Waals surface area contributed by atoms with E-state index in [1.54, 1.807) is 11.9 Å². The van der Waals surface area contributed by atoms with Crippen molar-refractivity contribution in [3.63, 3.8) is 0 Å². The Labute approximate surface area is 80.0 Å². The third kappa shape index (κ3) is 4.85. The van der Waals surface area contributed by atoms with E-state index >= 15 is 0 Å². The van der Waals surface area contributed by atoms with Crippen molar-refractivity contribution in [2.75, 3.05) is 27.3 Å². The molecule has 0 aromatic carbocycles. The van der Waals surface area contributed by atoms with Gasteiger partial charge in [-0.05, 0) is 5.92 Å². The highest BCUT2D eigenvalue weighted by atomic mass is 16.5. The normalized spacial score (nSPS) is 13.1. The lowest BCUT2D eigenvalue weighted by atomic mass is 10.2. The average Bonchev–Trinajstić information content (AvgIpc) is 2.02. The summed E-state index contributed by atoms with van der Waals surface area (Å²) in [7, 11) is 3.30. The molecule has 0 fully saturated rings. The number of hydrogen-bond acceptors (Lipinski definition) is 3. The molecular formula is C9H20N2O2. The fraction of sp³-hybridized carbons (Fsp3) is 0.889. The van der Waals surface area contributed by atoms with Crippen LogP contribution in [0.4, 0.5) is 0 Å². The van der Waals surface area contributed by atoms with Crippen molar-refractivity contribution in [3.8, 4) is 0 Å². The van der Waals surface area contributed by atoms with Crippen molar-refractivity contribution in [2.24, 2.45) is 11.7 Å². The van der Waals surface area contributed by atoms with Crippen molar-refractivity contribution in [2.45, 2.75) is 19.9 Å². The second kappa shape index (κ2) is 5.94. The van der Waals surface area contributed by atoms with E-state index in [0.29, 0.717) is 5.92 Å². The maximum atomic E-state index is 11.5. The number of rotatable bonds is 5. The number of hydrogen-bond donors (Lipinski definition) is 1. The lowest BCUT2D eigenvalue weighted by molar-refractivity contribution is -0.132. The predicted octanol–water partition coefficient (Wildman–Crippen LogP) is 0.0745. The molecule has 0 rings (SSSR count). The second-order valence-corrected chi connectivity index (χ2v) is 3.67. The predicted molar refractivity (Wildman–Crippen MR) is 52.3 cm³/mol. The number of carbonyl (C=O) groups excluding carboxylic acids is 1. The van der Waals surface area contributed by atoms with Crippen LogP contribution in [0.15, 0.2) is 0 Å². The zero-order valence-electron chi connectivity index (χ0n) is 8.91. The van der Waals surface area contributed by atoms with E-state index in [1.807, 2.05) is 0 Å². The summed E-state index contributed by atoms with van der Waals surface area (Å²) >= 11 is 0. The maximum absolute atomic E-state index is 11.5. The third-order valence-electron chi connectivity index (χ3n) is 1.68. The van der Waals surface area contributed by atoms with Crippen molar-refractivity contribution < 1.29 is 9.53 Å². The van der Waals surface area contributed by atoms with Gasteiger partial charge < -0.3 is 15.4 Å². The minimum absolute atomic E-state index is 0.0597. The Morgan fingerprint density at radius 2 is 2.08 bits per heavy atom. The molecule has 0 aliphatic heterocycles. The summed E-state index contributed by atoms with van der Waals surface area (Å²) in [6.07, 6.45) is 0. The summed E-state index contributed by atoms with van der Waals surface area (Å²) in [5, 5.41) is 0. The highest BCUT2D eigenvalue weighted by Gasteiger charge is 2.17. The molecule has 1 amide bonds. The van der Waals surface area contributed by atoms with Crippen molar-refractivity contribution >= 4 is 5.91 Å². The molecular weight excluding hydrogens is 168 g/mol. The van der Waals surface area contributed by atoms with Crippen LogP contribution < -0.4 is 5.73 Å². The average molecular weight is 188 g/mol. The van der Waals surface area contributed by atoms with Crippen LogP contribution in [0.3, 0.4) is 0 Å². The molecule has 0 saturated heterocycles. The van der Waals surface area contributed by atoms with E-state index in [1.165, 1.54) is 7.11 Å². The van der Waals surface area contributed by atoms with E-state index in [4.69, 9.17) is 10.5 Å². The number of likely N-dealkylation sites (N-methyl/N-ethyl adjacent to an activating group) is 1. The summed E-state index contributed by atoms with van der Waals surface area (Å²) in [5.74, 6) is 0.402. The van der Waals surface area contributed by atoms with Crippen LogP contribution in [0.1, 0.15) is 13.8 Å². The van der Waals surface area contributed by atoms with Gasteiger partial charge in [-0.1, -0.05) is 13.8 Å². The molecule has 1 atom stereocenters. The minimum Gasteiger partial charge on any atom is -0.383 e. The molecule has 13 heavy (non-hydrogen) atoms. The maximum Gasteiger partial charge on any atom is 0.241 e. The lowest BCUT2D eigenvalue weighted by Gasteiger charge is -2.22. The van der Waals surface area contributed by atoms with Crippen molar-refractivity contribution in [1.82, 2.24) is 4.90 Å². The van der Waals surface area contributed by atoms with Crippen LogP contribution in [0.25, 0.3) is 0 Å². The standard InChI is InChI=1S/C9H20N2O2/c1-7(2)5-11(3)9(12)8(10)6-13-4/h7-8H,5-6,10H2,1-4H3. The van der Waals surface area contributed by atoms with Crippen LogP contribution in [0.5, 0.6) is 0 Å². The van der Waals surface area contributed by atoms with E-state index < -0.39 is 6.04 Å². The Hall–Kier alpha value is -0.610. The first-order valence-electron chi connectivity index (χ1n) is 4.48. The van der Waals surface area contributed by atoms with Gasteiger partial charge in [0.15, 0.2) is 0 Å². The first-order chi connectivity index (χ1) is 5.99. The summed E-state index contributed by atoms with van der Waals surface area (Å²) in [5.41, 5.74) is 5.59. The molecule has 0 spiro atoms. The Morgan fingerprint density at radius 1 is 1.54 bits per heavy atom. The number of nitrogens with two attached hydrogens (primary N) is 1. The molecule has 0 aliphatic carbocycles. The lowest BCUT2D eigenvalue weighted by Crippen LogP contribution is -2.45. The molecule has 0 heterocycles. The molecule has 78 valence electrons. The van der Waals surface area contributed by atoms with Gasteiger partial charge in [0.05, 0.1) is 6.61 Å². The first-order valence-corrected chi connectivity index (χ1v) is 4.48. The van der Waals surface area contributed by atoms with Gasteiger partial charge in [0, 0.05) is 20.7 Å². The number of ether oxygens (including phenoxy) is 1. The van der Waals surface area contributed by atoms with Crippen LogP contribution in [-0.2, 0) is 9.53 Å². The zero-order valence-corrected chi connectivity index (χ0v) is 8.91. The zero-order chi connectivity index (χ0) is 10.4. The second-order valence-electron chi connectivity index (χ2n) is 3.67. The fourth-order valence-corrected chi connectivity index (χ4v) is 1.17. The first kappa shape index (κ1) is 12.4. The Balaban J connectivity index is 3.94. The molecule has 0 radical (unpaired) electrons.